The van der Waals surface area contributed by atoms with Crippen LogP contribution in [0.15, 0.2) is 29.3 Å². The Morgan fingerprint density at radius 1 is 1.42 bits per heavy atom. The van der Waals surface area contributed by atoms with Crippen molar-refractivity contribution in [2.45, 2.75) is 31.6 Å². The predicted octanol–water partition coefficient (Wildman–Crippen LogP) is 2.47. The van der Waals surface area contributed by atoms with Gasteiger partial charge in [-0.25, -0.2) is 12.8 Å². The van der Waals surface area contributed by atoms with Crippen molar-refractivity contribution in [3.8, 4) is 0 Å². The SMILES string of the molecule is CCC(C)C(=O)N=C1SC2CS(=O)(=O)CC2N1c1ccccc1F. The zero-order valence-corrected chi connectivity index (χ0v) is 15.1. The van der Waals surface area contributed by atoms with Gasteiger partial charge in [-0.15, -0.1) is 0 Å². The molecule has 2 saturated heterocycles. The van der Waals surface area contributed by atoms with E-state index >= 15 is 0 Å². The number of halogens is 1. The maximum absolute atomic E-state index is 14.3. The van der Waals surface area contributed by atoms with Crippen molar-refractivity contribution < 1.29 is 17.6 Å². The van der Waals surface area contributed by atoms with E-state index in [2.05, 4.69) is 4.99 Å². The Morgan fingerprint density at radius 3 is 2.79 bits per heavy atom. The van der Waals surface area contributed by atoms with Crippen molar-refractivity contribution in [2.75, 3.05) is 16.4 Å². The second kappa shape index (κ2) is 6.48. The summed E-state index contributed by atoms with van der Waals surface area (Å²) in [6, 6.07) is 5.79. The molecule has 5 nitrogen and oxygen atoms in total. The lowest BCUT2D eigenvalue weighted by Gasteiger charge is -2.25. The van der Waals surface area contributed by atoms with Crippen LogP contribution in [-0.4, -0.2) is 42.3 Å². The molecule has 3 rings (SSSR count). The molecule has 0 N–H and O–H groups in total. The first kappa shape index (κ1) is 17.4. The Hall–Kier alpha value is -1.41. The number of aliphatic imine (C=N–C) groups is 1. The number of amides is 1. The molecule has 0 saturated carbocycles. The Morgan fingerprint density at radius 2 is 2.12 bits per heavy atom. The van der Waals surface area contributed by atoms with Crippen LogP contribution < -0.4 is 4.90 Å². The summed E-state index contributed by atoms with van der Waals surface area (Å²) in [6.45, 7) is 3.70. The van der Waals surface area contributed by atoms with Crippen LogP contribution >= 0.6 is 11.8 Å². The molecule has 3 unspecified atom stereocenters. The Labute approximate surface area is 145 Å². The standard InChI is InChI=1S/C16H19FN2O3S2/c1-3-10(2)15(20)18-16-19(12-7-5-4-6-11(12)17)13-8-24(21,22)9-14(13)23-16/h4-7,10,13-14H,3,8-9H2,1-2H3. The van der Waals surface area contributed by atoms with E-state index in [1.807, 2.05) is 6.92 Å². The molecule has 1 aromatic carbocycles. The molecule has 2 aliphatic heterocycles. The maximum atomic E-state index is 14.3. The van der Waals surface area contributed by atoms with E-state index in [0.717, 1.165) is 0 Å². The highest BCUT2D eigenvalue weighted by Crippen LogP contribution is 2.41. The Balaban J connectivity index is 2.02. The van der Waals surface area contributed by atoms with Gasteiger partial charge in [-0.3, -0.25) is 4.79 Å². The van der Waals surface area contributed by atoms with Gasteiger partial charge < -0.3 is 4.90 Å². The number of nitrogens with zero attached hydrogens (tertiary/aromatic N) is 2. The number of anilines is 1. The minimum atomic E-state index is -3.16. The van der Waals surface area contributed by atoms with Crippen molar-refractivity contribution in [1.82, 2.24) is 0 Å². The third-order valence-corrected chi connectivity index (χ3v) is 7.63. The molecule has 1 aromatic rings. The number of para-hydroxylation sites is 1. The molecule has 0 aliphatic carbocycles. The predicted molar refractivity (Wildman–Crippen MR) is 94.6 cm³/mol. The fourth-order valence-electron chi connectivity index (χ4n) is 2.87. The zero-order valence-electron chi connectivity index (χ0n) is 13.5. The first-order valence-corrected chi connectivity index (χ1v) is 10.6. The molecule has 0 radical (unpaired) electrons. The number of rotatable bonds is 3. The summed E-state index contributed by atoms with van der Waals surface area (Å²) in [7, 11) is -3.16. The molecule has 3 atom stereocenters. The van der Waals surface area contributed by atoms with Gasteiger partial charge in [-0.05, 0) is 18.6 Å². The summed E-state index contributed by atoms with van der Waals surface area (Å²) in [5.41, 5.74) is 0.269. The monoisotopic (exact) mass is 370 g/mol. The number of carbonyl (C=O) groups is 1. The van der Waals surface area contributed by atoms with Crippen LogP contribution in [0, 0.1) is 11.7 Å². The highest BCUT2D eigenvalue weighted by Gasteiger charge is 2.50. The molecular weight excluding hydrogens is 351 g/mol. The third-order valence-electron chi connectivity index (χ3n) is 4.42. The van der Waals surface area contributed by atoms with Gasteiger partial charge in [0.1, 0.15) is 5.82 Å². The Bertz CT molecular complexity index is 794. The maximum Gasteiger partial charge on any atom is 0.250 e. The van der Waals surface area contributed by atoms with Crippen molar-refractivity contribution in [2.24, 2.45) is 10.9 Å². The number of hydrogen-bond donors (Lipinski definition) is 0. The topological polar surface area (TPSA) is 66.8 Å². The minimum absolute atomic E-state index is 0.0316. The summed E-state index contributed by atoms with van der Waals surface area (Å²) in [5, 5.41) is 0.174. The fourth-order valence-corrected chi connectivity index (χ4v) is 6.78. The smallest absolute Gasteiger partial charge is 0.250 e. The summed E-state index contributed by atoms with van der Waals surface area (Å²) in [4.78, 5) is 18.0. The van der Waals surface area contributed by atoms with Gasteiger partial charge in [0.05, 0.1) is 23.2 Å². The number of hydrogen-bond acceptors (Lipinski definition) is 4. The molecule has 0 bridgehead atoms. The van der Waals surface area contributed by atoms with Crippen molar-refractivity contribution in [3.63, 3.8) is 0 Å². The van der Waals surface area contributed by atoms with Crippen molar-refractivity contribution >= 4 is 38.4 Å². The van der Waals surface area contributed by atoms with Crippen LogP contribution in [0.1, 0.15) is 20.3 Å². The van der Waals surface area contributed by atoms with Gasteiger partial charge in [0, 0.05) is 11.2 Å². The summed E-state index contributed by atoms with van der Waals surface area (Å²) in [5.74, 6) is -0.944. The molecule has 0 spiro atoms. The van der Waals surface area contributed by atoms with E-state index in [1.54, 1.807) is 30.0 Å². The molecule has 130 valence electrons. The van der Waals surface area contributed by atoms with Crippen LogP contribution in [0.2, 0.25) is 0 Å². The van der Waals surface area contributed by atoms with Crippen molar-refractivity contribution in [1.29, 1.82) is 0 Å². The molecule has 1 amide bonds. The lowest BCUT2D eigenvalue weighted by Crippen LogP contribution is -2.38. The summed E-state index contributed by atoms with van der Waals surface area (Å²) < 4.78 is 38.2. The van der Waals surface area contributed by atoms with Crippen LogP contribution in [0.3, 0.4) is 0 Å². The van der Waals surface area contributed by atoms with Gasteiger partial charge in [0.2, 0.25) is 0 Å². The second-order valence-corrected chi connectivity index (χ2v) is 9.52. The lowest BCUT2D eigenvalue weighted by atomic mass is 10.1. The van der Waals surface area contributed by atoms with E-state index in [1.165, 1.54) is 17.8 Å². The Kier molecular flexibility index (Phi) is 4.70. The third kappa shape index (κ3) is 3.21. The average Bonchev–Trinajstić information content (AvgIpc) is 2.98. The molecule has 8 heteroatoms. The molecule has 2 aliphatic rings. The van der Waals surface area contributed by atoms with Crippen LogP contribution in [0.5, 0.6) is 0 Å². The van der Waals surface area contributed by atoms with Crippen molar-refractivity contribution in [3.05, 3.63) is 30.1 Å². The number of fused-ring (bicyclic) bond motifs is 1. The summed E-state index contributed by atoms with van der Waals surface area (Å²) in [6.07, 6.45) is 0.668. The number of amidine groups is 1. The number of sulfone groups is 1. The quantitative estimate of drug-likeness (QED) is 0.818. The van der Waals surface area contributed by atoms with Gasteiger partial charge in [-0.1, -0.05) is 37.7 Å². The van der Waals surface area contributed by atoms with Crippen LogP contribution in [0.25, 0.3) is 0 Å². The summed E-state index contributed by atoms with van der Waals surface area (Å²) >= 11 is 1.26. The van der Waals surface area contributed by atoms with E-state index in [-0.39, 0.29) is 40.3 Å². The molecule has 2 heterocycles. The highest BCUT2D eigenvalue weighted by atomic mass is 32.2. The van der Waals surface area contributed by atoms with Gasteiger partial charge in [0.25, 0.3) is 5.91 Å². The van der Waals surface area contributed by atoms with E-state index in [0.29, 0.717) is 11.6 Å². The minimum Gasteiger partial charge on any atom is -0.313 e. The van der Waals surface area contributed by atoms with Gasteiger partial charge in [0.15, 0.2) is 15.0 Å². The molecular formula is C16H19FN2O3S2. The largest absolute Gasteiger partial charge is 0.313 e. The van der Waals surface area contributed by atoms with E-state index in [4.69, 9.17) is 0 Å². The lowest BCUT2D eigenvalue weighted by molar-refractivity contribution is -0.121. The molecule has 0 aromatic heterocycles. The molecule has 2 fully saturated rings. The molecule has 24 heavy (non-hydrogen) atoms. The normalized spacial score (nSPS) is 28.1. The first-order valence-electron chi connectivity index (χ1n) is 7.85. The zero-order chi connectivity index (χ0) is 17.5. The highest BCUT2D eigenvalue weighted by molar-refractivity contribution is 8.16. The van der Waals surface area contributed by atoms with E-state index in [9.17, 15) is 17.6 Å². The fraction of sp³-hybridized carbons (Fsp3) is 0.500. The number of thioether (sulfide) groups is 1. The van der Waals surface area contributed by atoms with Crippen LogP contribution in [-0.2, 0) is 14.6 Å². The average molecular weight is 370 g/mol. The van der Waals surface area contributed by atoms with Gasteiger partial charge in [-0.2, -0.15) is 4.99 Å². The van der Waals surface area contributed by atoms with E-state index < -0.39 is 15.7 Å². The number of carbonyl (C=O) groups excluding carboxylic acids is 1. The first-order chi connectivity index (χ1) is 11.3. The van der Waals surface area contributed by atoms with Crippen LogP contribution in [0.4, 0.5) is 10.1 Å². The van der Waals surface area contributed by atoms with Gasteiger partial charge >= 0.3 is 0 Å². The number of benzene rings is 1. The second-order valence-electron chi connectivity index (χ2n) is 6.16.